The number of para-hydroxylation sites is 1. The van der Waals surface area contributed by atoms with Crippen LogP contribution in [0, 0.1) is 0 Å². The molecule has 2 aromatic rings. The van der Waals surface area contributed by atoms with E-state index >= 15 is 0 Å². The molecule has 1 amide bonds. The number of ether oxygens (including phenoxy) is 2. The Bertz CT molecular complexity index is 1010. The van der Waals surface area contributed by atoms with Gasteiger partial charge in [0.15, 0.2) is 9.84 Å². The number of fused-ring (bicyclic) bond motifs is 1. The van der Waals surface area contributed by atoms with E-state index in [2.05, 4.69) is 0 Å². The van der Waals surface area contributed by atoms with Gasteiger partial charge in [0.1, 0.15) is 11.5 Å². The van der Waals surface area contributed by atoms with Gasteiger partial charge in [-0.15, -0.1) is 0 Å². The molecule has 2 fully saturated rings. The molecule has 0 saturated carbocycles. The van der Waals surface area contributed by atoms with Crippen molar-refractivity contribution >= 4 is 21.4 Å². The van der Waals surface area contributed by atoms with E-state index in [1.807, 2.05) is 29.2 Å². The van der Waals surface area contributed by atoms with Crippen molar-refractivity contribution < 1.29 is 22.7 Å². The van der Waals surface area contributed by atoms with Gasteiger partial charge in [-0.3, -0.25) is 9.69 Å². The van der Waals surface area contributed by atoms with Crippen molar-refractivity contribution in [2.45, 2.75) is 18.6 Å². The number of carbonyl (C=O) groups is 1. The minimum absolute atomic E-state index is 0.0299. The highest BCUT2D eigenvalue weighted by atomic mass is 32.2. The smallest absolute Gasteiger partial charge is 0.241 e. The molecule has 2 aliphatic rings. The minimum atomic E-state index is -3.24. The van der Waals surface area contributed by atoms with Crippen molar-refractivity contribution in [3.63, 3.8) is 0 Å². The van der Waals surface area contributed by atoms with E-state index < -0.39 is 15.9 Å². The van der Waals surface area contributed by atoms with Gasteiger partial charge in [0.2, 0.25) is 5.91 Å². The Kier molecular flexibility index (Phi) is 5.23. The average molecular weight is 416 g/mol. The number of hydrogen-bond acceptors (Lipinski definition) is 6. The number of nitrogens with zero attached hydrogens (tertiary/aromatic N) is 2. The fourth-order valence-electron chi connectivity index (χ4n) is 4.26. The third kappa shape index (κ3) is 3.82. The summed E-state index contributed by atoms with van der Waals surface area (Å²) in [5.41, 5.74) is 1.63. The summed E-state index contributed by atoms with van der Waals surface area (Å²) in [4.78, 5) is 16.7. The van der Waals surface area contributed by atoms with Crippen molar-refractivity contribution in [2.24, 2.45) is 0 Å². The molecular weight excluding hydrogens is 392 g/mol. The lowest BCUT2D eigenvalue weighted by Gasteiger charge is -2.43. The first-order chi connectivity index (χ1) is 13.9. The van der Waals surface area contributed by atoms with E-state index in [0.717, 1.165) is 11.3 Å². The topological polar surface area (TPSA) is 76.2 Å². The largest absolute Gasteiger partial charge is 0.497 e. The maximum Gasteiger partial charge on any atom is 0.241 e. The maximum absolute atomic E-state index is 13.1. The van der Waals surface area contributed by atoms with Crippen LogP contribution in [0.5, 0.6) is 11.5 Å². The van der Waals surface area contributed by atoms with Crippen molar-refractivity contribution in [1.82, 2.24) is 4.90 Å². The van der Waals surface area contributed by atoms with Crippen LogP contribution in [0.25, 0.3) is 0 Å². The van der Waals surface area contributed by atoms with Gasteiger partial charge in [0.25, 0.3) is 0 Å². The van der Waals surface area contributed by atoms with Gasteiger partial charge in [-0.1, -0.05) is 18.2 Å². The Morgan fingerprint density at radius 1 is 0.966 bits per heavy atom. The standard InChI is InChI=1S/C21H24N2O5S/c1-27-17-9-7-16(8-10-17)23-19-14-29(25,26)13-18(19)22(12-21(23)24)11-15-5-3-4-6-20(15)28-2/h3-10,18-19H,11-14H2,1-2H3/t18-,19-/m1/s1. The summed E-state index contributed by atoms with van der Waals surface area (Å²) in [5.74, 6) is 1.33. The van der Waals surface area contributed by atoms with Crippen molar-refractivity contribution in [3.8, 4) is 11.5 Å². The summed E-state index contributed by atoms with van der Waals surface area (Å²) in [5, 5.41) is 0. The highest BCUT2D eigenvalue weighted by Crippen LogP contribution is 2.34. The Morgan fingerprint density at radius 3 is 2.34 bits per heavy atom. The second-order valence-electron chi connectivity index (χ2n) is 7.39. The SMILES string of the molecule is COc1ccc(N2C(=O)CN(Cc3ccccc3OC)[C@@H]3CS(=O)(=O)C[C@H]32)cc1. The number of methoxy groups -OCH3 is 2. The van der Waals surface area contributed by atoms with Crippen LogP contribution in [-0.4, -0.2) is 63.6 Å². The maximum atomic E-state index is 13.1. The van der Waals surface area contributed by atoms with Crippen LogP contribution in [0.2, 0.25) is 0 Å². The molecule has 2 saturated heterocycles. The quantitative estimate of drug-likeness (QED) is 0.739. The summed E-state index contributed by atoms with van der Waals surface area (Å²) in [6.45, 7) is 0.615. The van der Waals surface area contributed by atoms with E-state index in [-0.39, 0.29) is 30.0 Å². The lowest BCUT2D eigenvalue weighted by atomic mass is 10.0. The number of rotatable bonds is 5. The lowest BCUT2D eigenvalue weighted by molar-refractivity contribution is -0.123. The second-order valence-corrected chi connectivity index (χ2v) is 9.54. The third-order valence-corrected chi connectivity index (χ3v) is 7.32. The predicted molar refractivity (Wildman–Crippen MR) is 110 cm³/mol. The van der Waals surface area contributed by atoms with Crippen LogP contribution in [0.15, 0.2) is 48.5 Å². The van der Waals surface area contributed by atoms with Crippen LogP contribution in [0.1, 0.15) is 5.56 Å². The minimum Gasteiger partial charge on any atom is -0.497 e. The number of anilines is 1. The van der Waals surface area contributed by atoms with Crippen LogP contribution in [0.3, 0.4) is 0 Å². The normalized spacial score (nSPS) is 23.7. The van der Waals surface area contributed by atoms with E-state index in [1.165, 1.54) is 0 Å². The predicted octanol–water partition coefficient (Wildman–Crippen LogP) is 1.72. The van der Waals surface area contributed by atoms with Gasteiger partial charge < -0.3 is 14.4 Å². The first kappa shape index (κ1) is 19.7. The van der Waals surface area contributed by atoms with Gasteiger partial charge >= 0.3 is 0 Å². The number of sulfone groups is 1. The Balaban J connectivity index is 1.66. The second kappa shape index (κ2) is 7.68. The molecule has 2 aromatic carbocycles. The zero-order valence-electron chi connectivity index (χ0n) is 16.4. The summed E-state index contributed by atoms with van der Waals surface area (Å²) in [7, 11) is -0.0531. The number of piperazine rings is 1. The van der Waals surface area contributed by atoms with Crippen LogP contribution in [-0.2, 0) is 21.2 Å². The molecule has 7 nitrogen and oxygen atoms in total. The van der Waals surface area contributed by atoms with Gasteiger partial charge in [-0.2, -0.15) is 0 Å². The molecule has 4 rings (SSSR count). The molecular formula is C21H24N2O5S. The van der Waals surface area contributed by atoms with E-state index in [9.17, 15) is 13.2 Å². The molecule has 2 aliphatic heterocycles. The zero-order chi connectivity index (χ0) is 20.6. The molecule has 0 aliphatic carbocycles. The van der Waals surface area contributed by atoms with Crippen molar-refractivity contribution in [2.75, 3.05) is 37.2 Å². The van der Waals surface area contributed by atoms with Gasteiger partial charge in [-0.05, 0) is 30.3 Å². The molecule has 2 atom stereocenters. The Hall–Kier alpha value is -2.58. The fourth-order valence-corrected chi connectivity index (χ4v) is 6.24. The highest BCUT2D eigenvalue weighted by molar-refractivity contribution is 7.91. The van der Waals surface area contributed by atoms with Crippen molar-refractivity contribution in [3.05, 3.63) is 54.1 Å². The third-order valence-electron chi connectivity index (χ3n) is 5.62. The molecule has 0 radical (unpaired) electrons. The Labute approximate surface area is 170 Å². The lowest BCUT2D eigenvalue weighted by Crippen LogP contribution is -2.61. The molecule has 0 aromatic heterocycles. The van der Waals surface area contributed by atoms with Crippen LogP contribution >= 0.6 is 0 Å². The summed E-state index contributed by atoms with van der Waals surface area (Å²) >= 11 is 0. The summed E-state index contributed by atoms with van der Waals surface area (Å²) < 4.78 is 35.6. The molecule has 0 bridgehead atoms. The Morgan fingerprint density at radius 2 is 1.66 bits per heavy atom. The molecule has 154 valence electrons. The molecule has 0 unspecified atom stereocenters. The summed E-state index contributed by atoms with van der Waals surface area (Å²) in [6, 6.07) is 14.1. The molecule has 8 heteroatoms. The molecule has 0 spiro atoms. The van der Waals surface area contributed by atoms with Crippen LogP contribution in [0.4, 0.5) is 5.69 Å². The molecule has 2 heterocycles. The number of hydrogen-bond donors (Lipinski definition) is 0. The van der Waals surface area contributed by atoms with Crippen LogP contribution < -0.4 is 14.4 Å². The fraction of sp³-hybridized carbons (Fsp3) is 0.381. The van der Waals surface area contributed by atoms with Gasteiger partial charge in [0.05, 0.1) is 38.3 Å². The summed E-state index contributed by atoms with van der Waals surface area (Å²) in [6.07, 6.45) is 0. The number of amides is 1. The average Bonchev–Trinajstić information content (AvgIpc) is 3.04. The number of carbonyl (C=O) groups excluding carboxylic acids is 1. The first-order valence-corrected chi connectivity index (χ1v) is 11.3. The zero-order valence-corrected chi connectivity index (χ0v) is 17.3. The van der Waals surface area contributed by atoms with E-state index in [0.29, 0.717) is 18.0 Å². The first-order valence-electron chi connectivity index (χ1n) is 9.44. The van der Waals surface area contributed by atoms with Crippen molar-refractivity contribution in [1.29, 1.82) is 0 Å². The number of benzene rings is 2. The molecule has 29 heavy (non-hydrogen) atoms. The van der Waals surface area contributed by atoms with E-state index in [1.54, 1.807) is 43.4 Å². The van der Waals surface area contributed by atoms with Gasteiger partial charge in [-0.25, -0.2) is 8.42 Å². The monoisotopic (exact) mass is 416 g/mol. The molecule has 0 N–H and O–H groups in total. The highest BCUT2D eigenvalue weighted by Gasteiger charge is 2.49. The van der Waals surface area contributed by atoms with E-state index in [4.69, 9.17) is 9.47 Å². The van der Waals surface area contributed by atoms with Gasteiger partial charge in [0, 0.05) is 23.8 Å².